The highest BCUT2D eigenvalue weighted by Gasteiger charge is 2.38. The third-order valence-corrected chi connectivity index (χ3v) is 2.11. The Morgan fingerprint density at radius 3 is 2.50 bits per heavy atom. The zero-order valence-corrected chi connectivity index (χ0v) is 6.12. The summed E-state index contributed by atoms with van der Waals surface area (Å²) < 4.78 is 0. The van der Waals surface area contributed by atoms with Crippen molar-refractivity contribution in [2.75, 3.05) is 0 Å². The fourth-order valence-corrected chi connectivity index (χ4v) is 1.24. The number of hydrogen-bond acceptors (Lipinski definition) is 2. The van der Waals surface area contributed by atoms with Crippen LogP contribution in [0.1, 0.15) is 18.2 Å². The molecule has 0 radical (unpaired) electrons. The Kier molecular flexibility index (Phi) is 1.34. The van der Waals surface area contributed by atoms with Gasteiger partial charge in [-0.3, -0.25) is 0 Å². The van der Waals surface area contributed by atoms with Crippen LogP contribution in [0, 0.1) is 0 Å². The first-order valence-electron chi connectivity index (χ1n) is 3.29. The van der Waals surface area contributed by atoms with Gasteiger partial charge in [0.25, 0.3) is 0 Å². The SMILES string of the molecule is ClC1CC1c1ncccn1. The Labute approximate surface area is 64.3 Å². The van der Waals surface area contributed by atoms with Gasteiger partial charge in [0.2, 0.25) is 0 Å². The van der Waals surface area contributed by atoms with Gasteiger partial charge in [-0.1, -0.05) is 0 Å². The molecular weight excluding hydrogens is 148 g/mol. The quantitative estimate of drug-likeness (QED) is 0.574. The van der Waals surface area contributed by atoms with Crippen LogP contribution in [0.5, 0.6) is 0 Å². The second kappa shape index (κ2) is 2.20. The molecule has 0 aliphatic heterocycles. The Balaban J connectivity index is 2.20. The molecule has 2 atom stereocenters. The van der Waals surface area contributed by atoms with Crippen LogP contribution in [-0.4, -0.2) is 15.3 Å². The molecule has 0 bridgehead atoms. The fourth-order valence-electron chi connectivity index (χ4n) is 0.933. The first kappa shape index (κ1) is 6.10. The van der Waals surface area contributed by atoms with Gasteiger partial charge in [-0.25, -0.2) is 9.97 Å². The average Bonchev–Trinajstić information content (AvgIpc) is 2.69. The monoisotopic (exact) mass is 154 g/mol. The zero-order chi connectivity index (χ0) is 6.97. The Morgan fingerprint density at radius 1 is 1.40 bits per heavy atom. The van der Waals surface area contributed by atoms with Crippen molar-refractivity contribution in [3.8, 4) is 0 Å². The van der Waals surface area contributed by atoms with Crippen molar-refractivity contribution in [2.45, 2.75) is 17.7 Å². The number of nitrogens with zero attached hydrogens (tertiary/aromatic N) is 2. The first-order chi connectivity index (χ1) is 4.88. The summed E-state index contributed by atoms with van der Waals surface area (Å²) in [5.74, 6) is 1.31. The summed E-state index contributed by atoms with van der Waals surface area (Å²) in [5.41, 5.74) is 0. The molecule has 0 saturated heterocycles. The van der Waals surface area contributed by atoms with Crippen molar-refractivity contribution in [3.05, 3.63) is 24.3 Å². The van der Waals surface area contributed by atoms with Crippen molar-refractivity contribution in [2.24, 2.45) is 0 Å². The van der Waals surface area contributed by atoms with E-state index in [2.05, 4.69) is 9.97 Å². The number of rotatable bonds is 1. The molecule has 2 nitrogen and oxygen atoms in total. The largest absolute Gasteiger partial charge is 0.241 e. The lowest BCUT2D eigenvalue weighted by atomic mass is 10.4. The highest BCUT2D eigenvalue weighted by atomic mass is 35.5. The predicted octanol–water partition coefficient (Wildman–Crippen LogP) is 1.57. The highest BCUT2D eigenvalue weighted by molar-refractivity contribution is 6.23. The maximum atomic E-state index is 5.81. The van der Waals surface area contributed by atoms with Gasteiger partial charge in [0.15, 0.2) is 0 Å². The molecule has 0 amide bonds. The number of aromatic nitrogens is 2. The zero-order valence-electron chi connectivity index (χ0n) is 5.37. The van der Waals surface area contributed by atoms with Crippen LogP contribution in [0.25, 0.3) is 0 Å². The van der Waals surface area contributed by atoms with Crippen molar-refractivity contribution in [3.63, 3.8) is 0 Å². The van der Waals surface area contributed by atoms with Crippen LogP contribution in [0.4, 0.5) is 0 Å². The smallest absolute Gasteiger partial charge is 0.132 e. The second-order valence-corrected chi connectivity index (χ2v) is 3.03. The first-order valence-corrected chi connectivity index (χ1v) is 3.72. The van der Waals surface area contributed by atoms with Gasteiger partial charge < -0.3 is 0 Å². The van der Waals surface area contributed by atoms with E-state index in [9.17, 15) is 0 Å². The van der Waals surface area contributed by atoms with E-state index in [1.165, 1.54) is 0 Å². The Morgan fingerprint density at radius 2 is 2.00 bits per heavy atom. The third-order valence-electron chi connectivity index (χ3n) is 1.63. The van der Waals surface area contributed by atoms with Gasteiger partial charge in [-0.05, 0) is 12.5 Å². The normalized spacial score (nSPS) is 30.1. The minimum absolute atomic E-state index is 0.280. The average molecular weight is 155 g/mol. The molecule has 3 heteroatoms. The van der Waals surface area contributed by atoms with Crippen LogP contribution in [0.2, 0.25) is 0 Å². The lowest BCUT2D eigenvalue weighted by molar-refractivity contribution is 0.928. The van der Waals surface area contributed by atoms with Crippen molar-refractivity contribution >= 4 is 11.6 Å². The molecule has 2 unspecified atom stereocenters. The van der Waals surface area contributed by atoms with Crippen molar-refractivity contribution < 1.29 is 0 Å². The standard InChI is InChI=1S/C7H7ClN2/c8-6-4-5(6)7-9-2-1-3-10-7/h1-3,5-6H,4H2. The topological polar surface area (TPSA) is 25.8 Å². The molecular formula is C7H7ClN2. The second-order valence-electron chi connectivity index (χ2n) is 2.47. The van der Waals surface area contributed by atoms with E-state index in [-0.39, 0.29) is 5.38 Å². The molecule has 0 spiro atoms. The van der Waals surface area contributed by atoms with Gasteiger partial charge in [-0.2, -0.15) is 0 Å². The molecule has 10 heavy (non-hydrogen) atoms. The summed E-state index contributed by atoms with van der Waals surface area (Å²) in [6.07, 6.45) is 4.54. The fraction of sp³-hybridized carbons (Fsp3) is 0.429. The summed E-state index contributed by atoms with van der Waals surface area (Å²) in [6, 6.07) is 1.81. The van der Waals surface area contributed by atoms with E-state index < -0.39 is 0 Å². The molecule has 1 aromatic heterocycles. The molecule has 0 aromatic carbocycles. The van der Waals surface area contributed by atoms with Crippen LogP contribution in [-0.2, 0) is 0 Å². The van der Waals surface area contributed by atoms with Crippen LogP contribution in [0.15, 0.2) is 18.5 Å². The van der Waals surface area contributed by atoms with Gasteiger partial charge in [0, 0.05) is 23.7 Å². The molecule has 1 aliphatic carbocycles. The highest BCUT2D eigenvalue weighted by Crippen LogP contribution is 2.43. The van der Waals surface area contributed by atoms with Gasteiger partial charge in [-0.15, -0.1) is 11.6 Å². The lowest BCUT2D eigenvalue weighted by Gasteiger charge is -1.91. The van der Waals surface area contributed by atoms with E-state index in [0.29, 0.717) is 5.92 Å². The van der Waals surface area contributed by atoms with E-state index in [4.69, 9.17) is 11.6 Å². The molecule has 2 rings (SSSR count). The minimum atomic E-state index is 0.280. The van der Waals surface area contributed by atoms with Crippen molar-refractivity contribution in [1.82, 2.24) is 9.97 Å². The summed E-state index contributed by atoms with van der Waals surface area (Å²) in [5, 5.41) is 0.280. The summed E-state index contributed by atoms with van der Waals surface area (Å²) >= 11 is 5.81. The summed E-state index contributed by atoms with van der Waals surface area (Å²) in [4.78, 5) is 8.19. The maximum Gasteiger partial charge on any atom is 0.132 e. The molecule has 1 aliphatic rings. The molecule has 1 aromatic rings. The van der Waals surface area contributed by atoms with Gasteiger partial charge >= 0.3 is 0 Å². The molecule has 1 fully saturated rings. The van der Waals surface area contributed by atoms with Gasteiger partial charge in [0.05, 0.1) is 0 Å². The minimum Gasteiger partial charge on any atom is -0.241 e. The summed E-state index contributed by atoms with van der Waals surface area (Å²) in [6.45, 7) is 0. The number of hydrogen-bond donors (Lipinski definition) is 0. The summed E-state index contributed by atoms with van der Waals surface area (Å²) in [7, 11) is 0. The van der Waals surface area contributed by atoms with Crippen LogP contribution in [0.3, 0.4) is 0 Å². The molecule has 0 N–H and O–H groups in total. The number of alkyl halides is 1. The van der Waals surface area contributed by atoms with Gasteiger partial charge in [0.1, 0.15) is 5.82 Å². The van der Waals surface area contributed by atoms with Crippen LogP contribution >= 0.6 is 11.6 Å². The van der Waals surface area contributed by atoms with Crippen LogP contribution < -0.4 is 0 Å². The molecule has 1 saturated carbocycles. The number of halogens is 1. The lowest BCUT2D eigenvalue weighted by Crippen LogP contribution is -1.90. The Hall–Kier alpha value is -0.630. The van der Waals surface area contributed by atoms with Crippen molar-refractivity contribution in [1.29, 1.82) is 0 Å². The predicted molar refractivity (Wildman–Crippen MR) is 39.0 cm³/mol. The maximum absolute atomic E-state index is 5.81. The van der Waals surface area contributed by atoms with E-state index in [1.54, 1.807) is 12.4 Å². The van der Waals surface area contributed by atoms with E-state index in [1.807, 2.05) is 6.07 Å². The molecule has 52 valence electrons. The Bertz CT molecular complexity index is 224. The third kappa shape index (κ3) is 0.991. The van der Waals surface area contributed by atoms with E-state index >= 15 is 0 Å². The molecule has 1 heterocycles. The van der Waals surface area contributed by atoms with E-state index in [0.717, 1.165) is 12.2 Å².